The fourth-order valence-corrected chi connectivity index (χ4v) is 4.16. The van der Waals surface area contributed by atoms with Crippen molar-refractivity contribution in [3.8, 4) is 0 Å². The largest absolute Gasteiger partial charge is 0.370 e. The number of halogens is 2. The van der Waals surface area contributed by atoms with Crippen LogP contribution >= 0.6 is 28.3 Å². The van der Waals surface area contributed by atoms with Crippen molar-refractivity contribution in [1.29, 1.82) is 0 Å². The number of morpholine rings is 1. The SMILES string of the molecule is CC1(N)CCCCC1C(=O)N1CCOC(c2cccc(Br)c2)C1.Cl. The first kappa shape index (κ1) is 19.7. The van der Waals surface area contributed by atoms with E-state index in [0.29, 0.717) is 19.7 Å². The Morgan fingerprint density at radius 3 is 2.92 bits per heavy atom. The third-order valence-electron chi connectivity index (χ3n) is 5.15. The zero-order valence-electron chi connectivity index (χ0n) is 14.0. The monoisotopic (exact) mass is 416 g/mol. The number of ether oxygens (including phenoxy) is 1. The van der Waals surface area contributed by atoms with Crippen LogP contribution in [-0.2, 0) is 9.53 Å². The van der Waals surface area contributed by atoms with Gasteiger partial charge in [0, 0.05) is 16.6 Å². The van der Waals surface area contributed by atoms with Gasteiger partial charge in [0.2, 0.25) is 5.91 Å². The Kier molecular flexibility index (Phi) is 6.71. The average molecular weight is 418 g/mol. The summed E-state index contributed by atoms with van der Waals surface area (Å²) in [5.74, 6) is 0.149. The van der Waals surface area contributed by atoms with E-state index in [4.69, 9.17) is 10.5 Å². The predicted octanol–water partition coefficient (Wildman–Crippen LogP) is 3.68. The van der Waals surface area contributed by atoms with Gasteiger partial charge in [-0.2, -0.15) is 0 Å². The van der Waals surface area contributed by atoms with Gasteiger partial charge in [-0.3, -0.25) is 4.79 Å². The Morgan fingerprint density at radius 1 is 1.42 bits per heavy atom. The van der Waals surface area contributed by atoms with E-state index in [0.717, 1.165) is 35.7 Å². The summed E-state index contributed by atoms with van der Waals surface area (Å²) in [5.41, 5.74) is 7.14. The van der Waals surface area contributed by atoms with Crippen LogP contribution in [0.25, 0.3) is 0 Å². The lowest BCUT2D eigenvalue weighted by Gasteiger charge is -2.42. The van der Waals surface area contributed by atoms with Crippen molar-refractivity contribution in [2.45, 2.75) is 44.2 Å². The van der Waals surface area contributed by atoms with Gasteiger partial charge in [0.1, 0.15) is 6.10 Å². The Labute approximate surface area is 158 Å². The highest BCUT2D eigenvalue weighted by Crippen LogP contribution is 2.34. The molecule has 1 aromatic rings. The molecule has 1 saturated carbocycles. The summed E-state index contributed by atoms with van der Waals surface area (Å²) in [6.45, 7) is 3.88. The van der Waals surface area contributed by atoms with E-state index in [-0.39, 0.29) is 35.9 Å². The summed E-state index contributed by atoms with van der Waals surface area (Å²) in [6.07, 6.45) is 4.01. The molecule has 1 amide bonds. The fraction of sp³-hybridized carbons (Fsp3) is 0.611. The number of nitrogens with zero attached hydrogens (tertiary/aromatic N) is 1. The predicted molar refractivity (Wildman–Crippen MR) is 101 cm³/mol. The molecule has 2 aliphatic rings. The zero-order chi connectivity index (χ0) is 16.4. The molecule has 3 atom stereocenters. The summed E-state index contributed by atoms with van der Waals surface area (Å²) in [5, 5.41) is 0. The number of amides is 1. The molecule has 3 unspecified atom stereocenters. The minimum atomic E-state index is -0.376. The number of benzene rings is 1. The minimum Gasteiger partial charge on any atom is -0.370 e. The average Bonchev–Trinajstić information content (AvgIpc) is 2.54. The van der Waals surface area contributed by atoms with Gasteiger partial charge in [-0.25, -0.2) is 0 Å². The van der Waals surface area contributed by atoms with E-state index < -0.39 is 0 Å². The van der Waals surface area contributed by atoms with Crippen LogP contribution in [0.1, 0.15) is 44.3 Å². The number of carbonyl (C=O) groups is 1. The summed E-state index contributed by atoms with van der Waals surface area (Å²) in [4.78, 5) is 14.9. The Hall–Kier alpha value is -0.620. The smallest absolute Gasteiger partial charge is 0.227 e. The zero-order valence-corrected chi connectivity index (χ0v) is 16.4. The number of nitrogens with two attached hydrogens (primary N) is 1. The Balaban J connectivity index is 0.00000208. The van der Waals surface area contributed by atoms with Gasteiger partial charge in [0.15, 0.2) is 0 Å². The lowest BCUT2D eigenvalue weighted by atomic mass is 9.74. The van der Waals surface area contributed by atoms with Crippen LogP contribution in [0.15, 0.2) is 28.7 Å². The van der Waals surface area contributed by atoms with Crippen LogP contribution in [0.5, 0.6) is 0 Å². The maximum absolute atomic E-state index is 13.0. The number of rotatable bonds is 2. The molecule has 0 bridgehead atoms. The molecule has 1 aliphatic heterocycles. The molecule has 6 heteroatoms. The highest BCUT2D eigenvalue weighted by molar-refractivity contribution is 9.10. The second kappa shape index (κ2) is 8.17. The van der Waals surface area contributed by atoms with E-state index in [1.165, 1.54) is 0 Å². The Bertz CT molecular complexity index is 582. The van der Waals surface area contributed by atoms with Gasteiger partial charge in [0.25, 0.3) is 0 Å². The molecule has 0 aromatic heterocycles. The van der Waals surface area contributed by atoms with Crippen molar-refractivity contribution >= 4 is 34.2 Å². The molecule has 0 spiro atoms. The molecule has 134 valence electrons. The lowest BCUT2D eigenvalue weighted by molar-refractivity contribution is -0.146. The number of hydrogen-bond donors (Lipinski definition) is 1. The first-order valence-corrected chi connectivity index (χ1v) is 9.21. The normalized spacial score (nSPS) is 30.5. The van der Waals surface area contributed by atoms with Crippen LogP contribution in [0.4, 0.5) is 0 Å². The van der Waals surface area contributed by atoms with Crippen LogP contribution < -0.4 is 5.73 Å². The third kappa shape index (κ3) is 4.31. The molecule has 2 fully saturated rings. The van der Waals surface area contributed by atoms with E-state index in [1.807, 2.05) is 24.0 Å². The highest BCUT2D eigenvalue weighted by atomic mass is 79.9. The van der Waals surface area contributed by atoms with Crippen molar-refractivity contribution in [2.24, 2.45) is 11.7 Å². The van der Waals surface area contributed by atoms with Crippen LogP contribution in [0, 0.1) is 5.92 Å². The van der Waals surface area contributed by atoms with Crippen LogP contribution in [0.2, 0.25) is 0 Å². The molecule has 3 rings (SSSR count). The molecule has 24 heavy (non-hydrogen) atoms. The molecule has 1 aliphatic carbocycles. The lowest BCUT2D eigenvalue weighted by Crippen LogP contribution is -2.55. The molecule has 1 saturated heterocycles. The van der Waals surface area contributed by atoms with Crippen molar-refractivity contribution in [3.63, 3.8) is 0 Å². The van der Waals surface area contributed by atoms with Gasteiger partial charge in [0.05, 0.1) is 19.1 Å². The van der Waals surface area contributed by atoms with Gasteiger partial charge in [-0.15, -0.1) is 12.4 Å². The van der Waals surface area contributed by atoms with Gasteiger partial charge in [-0.1, -0.05) is 40.9 Å². The summed E-state index contributed by atoms with van der Waals surface area (Å²) >= 11 is 3.50. The molecule has 1 heterocycles. The van der Waals surface area contributed by atoms with E-state index in [1.54, 1.807) is 0 Å². The first-order valence-electron chi connectivity index (χ1n) is 8.42. The number of hydrogen-bond acceptors (Lipinski definition) is 3. The van der Waals surface area contributed by atoms with Crippen molar-refractivity contribution in [1.82, 2.24) is 4.90 Å². The third-order valence-corrected chi connectivity index (χ3v) is 5.64. The van der Waals surface area contributed by atoms with Gasteiger partial charge >= 0.3 is 0 Å². The first-order chi connectivity index (χ1) is 11.0. The maximum atomic E-state index is 13.0. The summed E-state index contributed by atoms with van der Waals surface area (Å²) < 4.78 is 6.92. The minimum absolute atomic E-state index is 0. The van der Waals surface area contributed by atoms with Crippen molar-refractivity contribution in [2.75, 3.05) is 19.7 Å². The van der Waals surface area contributed by atoms with Crippen molar-refractivity contribution in [3.05, 3.63) is 34.3 Å². The molecular weight excluding hydrogens is 392 g/mol. The summed E-state index contributed by atoms with van der Waals surface area (Å²) in [6, 6.07) is 8.11. The van der Waals surface area contributed by atoms with Crippen molar-refractivity contribution < 1.29 is 9.53 Å². The molecule has 1 aromatic carbocycles. The van der Waals surface area contributed by atoms with Crippen LogP contribution in [-0.4, -0.2) is 36.0 Å². The van der Waals surface area contributed by atoms with Gasteiger partial charge in [-0.05, 0) is 37.5 Å². The quantitative estimate of drug-likeness (QED) is 0.798. The molecule has 0 radical (unpaired) electrons. The molecular formula is C18H26BrClN2O2. The summed E-state index contributed by atoms with van der Waals surface area (Å²) in [7, 11) is 0. The highest BCUT2D eigenvalue weighted by Gasteiger charge is 2.40. The molecule has 2 N–H and O–H groups in total. The standard InChI is InChI=1S/C18H25BrN2O2.ClH/c1-18(20)8-3-2-7-15(18)17(22)21-9-10-23-16(12-21)13-5-4-6-14(19)11-13;/h4-6,11,15-16H,2-3,7-10,12,20H2,1H3;1H. The number of carbonyl (C=O) groups excluding carboxylic acids is 1. The maximum Gasteiger partial charge on any atom is 0.227 e. The Morgan fingerprint density at radius 2 is 2.21 bits per heavy atom. The van der Waals surface area contributed by atoms with E-state index in [9.17, 15) is 4.79 Å². The van der Waals surface area contributed by atoms with Crippen LogP contribution in [0.3, 0.4) is 0 Å². The molecule has 4 nitrogen and oxygen atoms in total. The topological polar surface area (TPSA) is 55.6 Å². The van der Waals surface area contributed by atoms with Gasteiger partial charge < -0.3 is 15.4 Å². The van der Waals surface area contributed by atoms with E-state index >= 15 is 0 Å². The second-order valence-corrected chi connectivity index (χ2v) is 7.92. The fourth-order valence-electron chi connectivity index (χ4n) is 3.74. The second-order valence-electron chi connectivity index (χ2n) is 7.00. The van der Waals surface area contributed by atoms with E-state index in [2.05, 4.69) is 28.1 Å².